The van der Waals surface area contributed by atoms with Gasteiger partial charge in [-0.2, -0.15) is 0 Å². The number of thiophene rings is 1. The number of hydrogen-bond acceptors (Lipinski definition) is 4. The van der Waals surface area contributed by atoms with Gasteiger partial charge in [0, 0.05) is 16.1 Å². The van der Waals surface area contributed by atoms with Gasteiger partial charge in [0.05, 0.1) is 18.3 Å². The first-order valence-electron chi connectivity index (χ1n) is 6.16. The number of aromatic nitrogens is 1. The average molecular weight is 363 g/mol. The van der Waals surface area contributed by atoms with E-state index in [0.717, 1.165) is 15.4 Å². The van der Waals surface area contributed by atoms with E-state index < -0.39 is 0 Å². The van der Waals surface area contributed by atoms with Gasteiger partial charge in [-0.15, -0.1) is 11.3 Å². The number of hydrogen-bond donors (Lipinski definition) is 1. The number of para-hydroxylation sites is 1. The molecule has 0 saturated carbocycles. The molecule has 1 N–H and O–H groups in total. The highest BCUT2D eigenvalue weighted by molar-refractivity contribution is 9.10. The molecule has 0 aliphatic rings. The number of anilines is 1. The van der Waals surface area contributed by atoms with Gasteiger partial charge >= 0.3 is 0 Å². The van der Waals surface area contributed by atoms with Gasteiger partial charge < -0.3 is 10.1 Å². The van der Waals surface area contributed by atoms with Crippen molar-refractivity contribution < 1.29 is 9.53 Å². The molecule has 0 unspecified atom stereocenters. The number of amides is 1. The number of ether oxygens (including phenoxy) is 1. The van der Waals surface area contributed by atoms with Gasteiger partial charge in [0.2, 0.25) is 0 Å². The molecular weight excluding hydrogens is 352 g/mol. The minimum atomic E-state index is -0.195. The largest absolute Gasteiger partial charge is 0.495 e. The third-order valence-corrected chi connectivity index (χ3v) is 4.31. The summed E-state index contributed by atoms with van der Waals surface area (Å²) >= 11 is 4.74. The minimum Gasteiger partial charge on any atom is -0.495 e. The number of carbonyl (C=O) groups excluding carboxylic acids is 1. The van der Waals surface area contributed by atoms with Crippen LogP contribution in [0.15, 0.2) is 46.4 Å². The molecule has 6 heteroatoms. The van der Waals surface area contributed by atoms with Crippen molar-refractivity contribution in [3.63, 3.8) is 0 Å². The molecule has 0 aliphatic heterocycles. The summed E-state index contributed by atoms with van der Waals surface area (Å²) in [5, 5.41) is 5.68. The van der Waals surface area contributed by atoms with Crippen molar-refractivity contribution in [3.8, 4) is 5.75 Å². The number of fused-ring (bicyclic) bond motifs is 1. The second-order valence-electron chi connectivity index (χ2n) is 4.30. The summed E-state index contributed by atoms with van der Waals surface area (Å²) in [6.07, 6.45) is 1.71. The maximum absolute atomic E-state index is 12.3. The molecule has 3 rings (SSSR count). The van der Waals surface area contributed by atoms with E-state index in [0.29, 0.717) is 16.3 Å². The summed E-state index contributed by atoms with van der Waals surface area (Å²) in [4.78, 5) is 17.3. The van der Waals surface area contributed by atoms with E-state index in [-0.39, 0.29) is 5.91 Å². The van der Waals surface area contributed by atoms with Gasteiger partial charge in [0.15, 0.2) is 0 Å². The number of nitrogens with zero attached hydrogens (tertiary/aromatic N) is 1. The number of nitrogens with one attached hydrogen (secondary N) is 1. The molecule has 0 aliphatic carbocycles. The van der Waals surface area contributed by atoms with Crippen LogP contribution in [0.2, 0.25) is 0 Å². The molecule has 4 nitrogen and oxygen atoms in total. The number of halogens is 1. The number of benzene rings is 1. The number of pyridine rings is 1. The van der Waals surface area contributed by atoms with Crippen LogP contribution in [-0.4, -0.2) is 18.0 Å². The molecule has 2 aromatic heterocycles. The first kappa shape index (κ1) is 14.0. The number of rotatable bonds is 3. The Kier molecular flexibility index (Phi) is 3.90. The van der Waals surface area contributed by atoms with Crippen LogP contribution in [0.25, 0.3) is 10.9 Å². The maximum Gasteiger partial charge on any atom is 0.269 e. The molecule has 0 atom stereocenters. The zero-order valence-electron chi connectivity index (χ0n) is 11.1. The molecule has 0 spiro atoms. The Morgan fingerprint density at radius 3 is 3.05 bits per heavy atom. The van der Waals surface area contributed by atoms with Crippen LogP contribution in [0.4, 0.5) is 5.69 Å². The molecule has 0 bridgehead atoms. The first-order chi connectivity index (χ1) is 10.2. The molecule has 3 aromatic rings. The van der Waals surface area contributed by atoms with Crippen molar-refractivity contribution in [1.29, 1.82) is 0 Å². The summed E-state index contributed by atoms with van der Waals surface area (Å²) in [6.45, 7) is 0. The van der Waals surface area contributed by atoms with Crippen LogP contribution in [0.5, 0.6) is 5.75 Å². The third kappa shape index (κ3) is 2.77. The van der Waals surface area contributed by atoms with Crippen LogP contribution < -0.4 is 10.1 Å². The van der Waals surface area contributed by atoms with Crippen LogP contribution in [0.3, 0.4) is 0 Å². The fourth-order valence-corrected chi connectivity index (χ4v) is 3.14. The molecule has 0 radical (unpaired) electrons. The molecule has 0 fully saturated rings. The smallest absolute Gasteiger partial charge is 0.269 e. The minimum absolute atomic E-state index is 0.195. The zero-order chi connectivity index (χ0) is 14.8. The Morgan fingerprint density at radius 2 is 2.24 bits per heavy atom. The van der Waals surface area contributed by atoms with E-state index in [1.165, 1.54) is 11.3 Å². The maximum atomic E-state index is 12.3. The first-order valence-corrected chi connectivity index (χ1v) is 7.83. The third-order valence-electron chi connectivity index (χ3n) is 2.98. The van der Waals surface area contributed by atoms with E-state index in [2.05, 4.69) is 26.2 Å². The van der Waals surface area contributed by atoms with E-state index in [1.54, 1.807) is 19.4 Å². The molecule has 1 amide bonds. The molecule has 0 saturated heterocycles. The summed E-state index contributed by atoms with van der Waals surface area (Å²) in [6, 6.07) is 9.41. The lowest BCUT2D eigenvalue weighted by Gasteiger charge is -2.08. The van der Waals surface area contributed by atoms with E-state index in [9.17, 15) is 4.79 Å². The second kappa shape index (κ2) is 5.83. The highest BCUT2D eigenvalue weighted by atomic mass is 79.9. The molecule has 1 aromatic carbocycles. The SMILES string of the molecule is COc1ccsc1C(=O)Nc1cccc2cc(Br)cnc12. The van der Waals surface area contributed by atoms with E-state index in [1.807, 2.05) is 29.6 Å². The van der Waals surface area contributed by atoms with Gasteiger partial charge in [0.1, 0.15) is 10.6 Å². The monoisotopic (exact) mass is 362 g/mol. The van der Waals surface area contributed by atoms with Crippen LogP contribution in [-0.2, 0) is 0 Å². The Morgan fingerprint density at radius 1 is 1.38 bits per heavy atom. The van der Waals surface area contributed by atoms with Gasteiger partial charge in [-0.3, -0.25) is 9.78 Å². The van der Waals surface area contributed by atoms with E-state index >= 15 is 0 Å². The number of carbonyl (C=O) groups is 1. The Hall–Kier alpha value is -1.92. The lowest BCUT2D eigenvalue weighted by molar-refractivity contribution is 0.102. The Balaban J connectivity index is 1.97. The van der Waals surface area contributed by atoms with Crippen LogP contribution >= 0.6 is 27.3 Å². The highest BCUT2D eigenvalue weighted by Crippen LogP contribution is 2.28. The Labute approximate surface area is 133 Å². The average Bonchev–Trinajstić information content (AvgIpc) is 2.95. The van der Waals surface area contributed by atoms with Crippen molar-refractivity contribution in [2.45, 2.75) is 0 Å². The van der Waals surface area contributed by atoms with Gasteiger partial charge in [-0.25, -0.2) is 0 Å². The summed E-state index contributed by atoms with van der Waals surface area (Å²) < 4.78 is 6.08. The quantitative estimate of drug-likeness (QED) is 0.754. The fourth-order valence-electron chi connectivity index (χ4n) is 2.04. The fraction of sp³-hybridized carbons (Fsp3) is 0.0667. The molecular formula is C15H11BrN2O2S. The zero-order valence-corrected chi connectivity index (χ0v) is 13.5. The second-order valence-corrected chi connectivity index (χ2v) is 6.13. The van der Waals surface area contributed by atoms with Crippen molar-refractivity contribution in [2.75, 3.05) is 12.4 Å². The predicted molar refractivity (Wildman–Crippen MR) is 88.3 cm³/mol. The topological polar surface area (TPSA) is 51.2 Å². The van der Waals surface area contributed by atoms with Crippen LogP contribution in [0, 0.1) is 0 Å². The highest BCUT2D eigenvalue weighted by Gasteiger charge is 2.15. The standard InChI is InChI=1S/C15H11BrN2O2S/c1-20-12-5-6-21-14(12)15(19)18-11-4-2-3-9-7-10(16)8-17-13(9)11/h2-8H,1H3,(H,18,19). The summed E-state index contributed by atoms with van der Waals surface area (Å²) in [5.41, 5.74) is 1.44. The lowest BCUT2D eigenvalue weighted by Crippen LogP contribution is -2.11. The van der Waals surface area contributed by atoms with Gasteiger partial charge in [0.25, 0.3) is 5.91 Å². The molecule has 21 heavy (non-hydrogen) atoms. The van der Waals surface area contributed by atoms with Crippen molar-refractivity contribution in [1.82, 2.24) is 4.98 Å². The number of methoxy groups -OCH3 is 1. The van der Waals surface area contributed by atoms with Crippen LogP contribution in [0.1, 0.15) is 9.67 Å². The van der Waals surface area contributed by atoms with Crippen molar-refractivity contribution in [3.05, 3.63) is 51.3 Å². The van der Waals surface area contributed by atoms with Crippen molar-refractivity contribution >= 4 is 49.8 Å². The van der Waals surface area contributed by atoms with Crippen molar-refractivity contribution in [2.24, 2.45) is 0 Å². The normalized spacial score (nSPS) is 10.6. The Bertz CT molecular complexity index is 816. The molecule has 106 valence electrons. The summed E-state index contributed by atoms with van der Waals surface area (Å²) in [5.74, 6) is 0.382. The lowest BCUT2D eigenvalue weighted by atomic mass is 10.2. The van der Waals surface area contributed by atoms with Gasteiger partial charge in [-0.1, -0.05) is 12.1 Å². The van der Waals surface area contributed by atoms with Gasteiger partial charge in [-0.05, 0) is 39.5 Å². The molecule has 2 heterocycles. The summed E-state index contributed by atoms with van der Waals surface area (Å²) in [7, 11) is 1.55. The predicted octanol–water partition coefficient (Wildman–Crippen LogP) is 4.32. The van der Waals surface area contributed by atoms with E-state index in [4.69, 9.17) is 4.74 Å².